The highest BCUT2D eigenvalue weighted by molar-refractivity contribution is 5.87. The third kappa shape index (κ3) is 3.20. The van der Waals surface area contributed by atoms with E-state index in [1.807, 2.05) is 62.4 Å². The van der Waals surface area contributed by atoms with Gasteiger partial charge in [0, 0.05) is 5.56 Å². The van der Waals surface area contributed by atoms with Crippen LogP contribution in [-0.4, -0.2) is 23.4 Å². The number of ether oxygens (including phenoxy) is 2. The highest BCUT2D eigenvalue weighted by atomic mass is 16.5. The van der Waals surface area contributed by atoms with Gasteiger partial charge in [-0.05, 0) is 55.8 Å². The first-order valence-electron chi connectivity index (χ1n) is 7.84. The average molecular weight is 323 g/mol. The van der Waals surface area contributed by atoms with Crippen molar-refractivity contribution in [2.45, 2.75) is 20.0 Å². The summed E-state index contributed by atoms with van der Waals surface area (Å²) in [6.07, 6.45) is 0.147. The number of benzene rings is 2. The van der Waals surface area contributed by atoms with Crippen LogP contribution < -0.4 is 15.2 Å². The molecule has 0 saturated carbocycles. The number of anilines is 1. The van der Waals surface area contributed by atoms with Crippen molar-refractivity contribution in [1.29, 1.82) is 0 Å². The normalized spacial score (nSPS) is 10.8. The van der Waals surface area contributed by atoms with Crippen molar-refractivity contribution in [1.82, 2.24) is 10.2 Å². The van der Waals surface area contributed by atoms with Crippen LogP contribution in [0.25, 0.3) is 22.4 Å². The lowest BCUT2D eigenvalue weighted by atomic mass is 10.0. The molecule has 3 N–H and O–H groups in total. The molecule has 3 aromatic rings. The zero-order chi connectivity index (χ0) is 17.1. The summed E-state index contributed by atoms with van der Waals surface area (Å²) in [6, 6.07) is 15.7. The van der Waals surface area contributed by atoms with Gasteiger partial charge < -0.3 is 15.2 Å². The topological polar surface area (TPSA) is 73.2 Å². The smallest absolute Gasteiger partial charge is 0.153 e. The van der Waals surface area contributed by atoms with Gasteiger partial charge in [-0.2, -0.15) is 5.10 Å². The Bertz CT molecular complexity index is 806. The number of aromatic nitrogens is 2. The van der Waals surface area contributed by atoms with Gasteiger partial charge in [0.2, 0.25) is 0 Å². The summed E-state index contributed by atoms with van der Waals surface area (Å²) in [5.74, 6) is 2.11. The molecule has 24 heavy (non-hydrogen) atoms. The lowest BCUT2D eigenvalue weighted by molar-refractivity contribution is 0.242. The number of methoxy groups -OCH3 is 1. The van der Waals surface area contributed by atoms with E-state index in [4.69, 9.17) is 15.2 Å². The van der Waals surface area contributed by atoms with E-state index in [-0.39, 0.29) is 6.10 Å². The lowest BCUT2D eigenvalue weighted by Crippen LogP contribution is -2.05. The van der Waals surface area contributed by atoms with Gasteiger partial charge in [0.25, 0.3) is 0 Å². The van der Waals surface area contributed by atoms with Gasteiger partial charge in [-0.3, -0.25) is 5.10 Å². The number of nitrogens with zero attached hydrogens (tertiary/aromatic N) is 1. The van der Waals surface area contributed by atoms with Crippen LogP contribution >= 0.6 is 0 Å². The van der Waals surface area contributed by atoms with E-state index in [0.29, 0.717) is 5.82 Å². The van der Waals surface area contributed by atoms with Crippen LogP contribution in [-0.2, 0) is 0 Å². The molecule has 2 aromatic carbocycles. The molecule has 0 aliphatic carbocycles. The van der Waals surface area contributed by atoms with Gasteiger partial charge in [0.15, 0.2) is 5.82 Å². The Morgan fingerprint density at radius 3 is 2.08 bits per heavy atom. The first-order chi connectivity index (χ1) is 11.6. The van der Waals surface area contributed by atoms with Gasteiger partial charge in [-0.1, -0.05) is 12.1 Å². The maximum absolute atomic E-state index is 6.08. The zero-order valence-corrected chi connectivity index (χ0v) is 14.0. The Balaban J connectivity index is 1.97. The second-order valence-electron chi connectivity index (χ2n) is 5.78. The van der Waals surface area contributed by atoms with Crippen LogP contribution in [0.1, 0.15) is 13.8 Å². The third-order valence-electron chi connectivity index (χ3n) is 3.69. The summed E-state index contributed by atoms with van der Waals surface area (Å²) < 4.78 is 10.9. The molecule has 0 amide bonds. The van der Waals surface area contributed by atoms with Crippen LogP contribution in [0.5, 0.6) is 11.5 Å². The fourth-order valence-electron chi connectivity index (χ4n) is 2.59. The molecular formula is C19H21N3O2. The van der Waals surface area contributed by atoms with Crippen LogP contribution in [0.2, 0.25) is 0 Å². The molecule has 0 aliphatic rings. The summed E-state index contributed by atoms with van der Waals surface area (Å²) in [4.78, 5) is 0. The highest BCUT2D eigenvalue weighted by Crippen LogP contribution is 2.35. The average Bonchev–Trinajstić information content (AvgIpc) is 2.97. The number of hydrogen-bond acceptors (Lipinski definition) is 4. The van der Waals surface area contributed by atoms with Crippen LogP contribution in [0.3, 0.4) is 0 Å². The first-order valence-corrected chi connectivity index (χ1v) is 7.84. The van der Waals surface area contributed by atoms with E-state index in [1.165, 1.54) is 0 Å². The second kappa shape index (κ2) is 6.66. The predicted molar refractivity (Wildman–Crippen MR) is 96.2 cm³/mol. The van der Waals surface area contributed by atoms with Gasteiger partial charge in [-0.25, -0.2) is 0 Å². The van der Waals surface area contributed by atoms with Crippen molar-refractivity contribution in [2.24, 2.45) is 0 Å². The van der Waals surface area contributed by atoms with E-state index < -0.39 is 0 Å². The van der Waals surface area contributed by atoms with Gasteiger partial charge in [0.05, 0.1) is 24.5 Å². The Labute approximate surface area is 141 Å². The number of rotatable bonds is 5. The minimum atomic E-state index is 0.147. The maximum Gasteiger partial charge on any atom is 0.153 e. The van der Waals surface area contributed by atoms with Crippen LogP contribution in [0.15, 0.2) is 48.5 Å². The Kier molecular flexibility index (Phi) is 4.42. The molecule has 3 rings (SSSR count). The summed E-state index contributed by atoms with van der Waals surface area (Å²) in [7, 11) is 1.65. The molecule has 1 aromatic heterocycles. The van der Waals surface area contributed by atoms with Gasteiger partial charge in [0.1, 0.15) is 11.5 Å². The molecule has 1 heterocycles. The predicted octanol–water partition coefficient (Wildman–Crippen LogP) is 4.12. The summed E-state index contributed by atoms with van der Waals surface area (Å²) in [5.41, 5.74) is 9.83. The Hall–Kier alpha value is -2.95. The molecule has 0 saturated heterocycles. The SMILES string of the molecule is COc1ccc(-c2c(N)n[nH]c2-c2ccc(OC(C)C)cc2)cc1. The molecular weight excluding hydrogens is 302 g/mol. The molecule has 124 valence electrons. The minimum absolute atomic E-state index is 0.147. The molecule has 0 spiro atoms. The Morgan fingerprint density at radius 1 is 0.917 bits per heavy atom. The standard InChI is InChI=1S/C19H21N3O2/c1-12(2)24-16-10-6-14(7-11-16)18-17(19(20)22-21-18)13-4-8-15(23-3)9-5-13/h4-12H,1-3H3,(H3,20,21,22). The van der Waals surface area contributed by atoms with Gasteiger partial charge >= 0.3 is 0 Å². The van der Waals surface area contributed by atoms with Crippen molar-refractivity contribution >= 4 is 5.82 Å². The lowest BCUT2D eigenvalue weighted by Gasteiger charge is -2.10. The van der Waals surface area contributed by atoms with E-state index in [1.54, 1.807) is 7.11 Å². The van der Waals surface area contributed by atoms with E-state index in [2.05, 4.69) is 10.2 Å². The first kappa shape index (κ1) is 15.9. The van der Waals surface area contributed by atoms with E-state index >= 15 is 0 Å². The zero-order valence-electron chi connectivity index (χ0n) is 14.0. The molecule has 0 aliphatic heterocycles. The Morgan fingerprint density at radius 2 is 1.50 bits per heavy atom. The minimum Gasteiger partial charge on any atom is -0.497 e. The molecule has 0 atom stereocenters. The summed E-state index contributed by atoms with van der Waals surface area (Å²) in [6.45, 7) is 4.01. The van der Waals surface area contributed by atoms with Crippen molar-refractivity contribution in [3.05, 3.63) is 48.5 Å². The second-order valence-corrected chi connectivity index (χ2v) is 5.78. The van der Waals surface area contributed by atoms with Gasteiger partial charge in [-0.15, -0.1) is 0 Å². The van der Waals surface area contributed by atoms with E-state index in [0.717, 1.165) is 33.9 Å². The van der Waals surface area contributed by atoms with Crippen LogP contribution in [0, 0.1) is 0 Å². The fourth-order valence-corrected chi connectivity index (χ4v) is 2.59. The number of nitrogen functional groups attached to an aromatic ring is 1. The highest BCUT2D eigenvalue weighted by Gasteiger charge is 2.15. The number of nitrogens with one attached hydrogen (secondary N) is 1. The number of hydrogen-bond donors (Lipinski definition) is 2. The summed E-state index contributed by atoms with van der Waals surface area (Å²) >= 11 is 0. The van der Waals surface area contributed by atoms with Crippen molar-refractivity contribution in [2.75, 3.05) is 12.8 Å². The quantitative estimate of drug-likeness (QED) is 0.740. The number of H-pyrrole nitrogens is 1. The number of aromatic amines is 1. The molecule has 0 fully saturated rings. The van der Waals surface area contributed by atoms with Crippen molar-refractivity contribution < 1.29 is 9.47 Å². The van der Waals surface area contributed by atoms with Crippen molar-refractivity contribution in [3.63, 3.8) is 0 Å². The monoisotopic (exact) mass is 323 g/mol. The molecule has 0 radical (unpaired) electrons. The van der Waals surface area contributed by atoms with Crippen molar-refractivity contribution in [3.8, 4) is 33.9 Å². The maximum atomic E-state index is 6.08. The number of nitrogens with two attached hydrogens (primary N) is 1. The molecule has 5 nitrogen and oxygen atoms in total. The summed E-state index contributed by atoms with van der Waals surface area (Å²) in [5, 5.41) is 7.20. The van der Waals surface area contributed by atoms with Crippen LogP contribution in [0.4, 0.5) is 5.82 Å². The molecule has 5 heteroatoms. The fraction of sp³-hybridized carbons (Fsp3) is 0.211. The molecule has 0 unspecified atom stereocenters. The van der Waals surface area contributed by atoms with E-state index in [9.17, 15) is 0 Å². The largest absolute Gasteiger partial charge is 0.497 e. The third-order valence-corrected chi connectivity index (χ3v) is 3.69. The molecule has 0 bridgehead atoms.